The zero-order valence-corrected chi connectivity index (χ0v) is 18.6. The van der Waals surface area contributed by atoms with E-state index < -0.39 is 27.4 Å². The summed E-state index contributed by atoms with van der Waals surface area (Å²) in [6.45, 7) is 1.75. The van der Waals surface area contributed by atoms with Gasteiger partial charge in [0.15, 0.2) is 0 Å². The van der Waals surface area contributed by atoms with Crippen LogP contribution in [0, 0.1) is 5.92 Å². The molecule has 3 atom stereocenters. The summed E-state index contributed by atoms with van der Waals surface area (Å²) in [5, 5.41) is 9.96. The van der Waals surface area contributed by atoms with Crippen LogP contribution >= 0.6 is 11.3 Å². The summed E-state index contributed by atoms with van der Waals surface area (Å²) in [5.74, 6) is -2.01. The molecule has 9 heteroatoms. The van der Waals surface area contributed by atoms with E-state index in [9.17, 15) is 18.3 Å². The lowest BCUT2D eigenvalue weighted by atomic mass is 10.1. The highest BCUT2D eigenvalue weighted by atomic mass is 32.2. The maximum absolute atomic E-state index is 13.2. The van der Waals surface area contributed by atoms with Crippen LogP contribution in [0.3, 0.4) is 0 Å². The third-order valence-corrected chi connectivity index (χ3v) is 9.05. The van der Waals surface area contributed by atoms with Crippen molar-refractivity contribution < 1.29 is 18.3 Å². The highest BCUT2D eigenvalue weighted by Crippen LogP contribution is 2.58. The minimum Gasteiger partial charge on any atom is -0.480 e. The van der Waals surface area contributed by atoms with Gasteiger partial charge in [-0.05, 0) is 35.7 Å². The maximum Gasteiger partial charge on any atom is 0.325 e. The first-order chi connectivity index (χ1) is 15.3. The SMILES string of the molecule is CC1[C@@H](c2ccccc2)[C@]1(NS(=O)(=O)c1ccc(-c2cnc3ccccc3n2)s1)C(=O)O. The number of thiophene rings is 1. The number of rotatable bonds is 6. The van der Waals surface area contributed by atoms with E-state index >= 15 is 0 Å². The molecular weight excluding hydrogens is 446 g/mol. The lowest BCUT2D eigenvalue weighted by Gasteiger charge is -2.15. The lowest BCUT2D eigenvalue weighted by Crippen LogP contribution is -2.45. The smallest absolute Gasteiger partial charge is 0.325 e. The minimum absolute atomic E-state index is 0.0361. The second kappa shape index (κ2) is 7.47. The third kappa shape index (κ3) is 3.29. The van der Waals surface area contributed by atoms with Gasteiger partial charge in [-0.2, -0.15) is 4.72 Å². The van der Waals surface area contributed by atoms with E-state index in [0.717, 1.165) is 22.4 Å². The van der Waals surface area contributed by atoms with Crippen molar-refractivity contribution in [2.75, 3.05) is 0 Å². The predicted octanol–water partition coefficient (Wildman–Crippen LogP) is 3.89. The first kappa shape index (κ1) is 20.7. The van der Waals surface area contributed by atoms with Gasteiger partial charge in [-0.1, -0.05) is 49.4 Å². The van der Waals surface area contributed by atoms with Crippen LogP contribution in [-0.4, -0.2) is 35.0 Å². The number of fused-ring (bicyclic) bond motifs is 1. The monoisotopic (exact) mass is 465 g/mol. The molecule has 0 aliphatic heterocycles. The summed E-state index contributed by atoms with van der Waals surface area (Å²) in [7, 11) is -4.06. The van der Waals surface area contributed by atoms with Crippen molar-refractivity contribution in [2.45, 2.75) is 22.6 Å². The summed E-state index contributed by atoms with van der Waals surface area (Å²) < 4.78 is 28.9. The average molecular weight is 466 g/mol. The molecule has 4 aromatic rings. The van der Waals surface area contributed by atoms with Crippen molar-refractivity contribution in [3.05, 3.63) is 78.5 Å². The van der Waals surface area contributed by atoms with Crippen LogP contribution in [0.2, 0.25) is 0 Å². The predicted molar refractivity (Wildman–Crippen MR) is 122 cm³/mol. The van der Waals surface area contributed by atoms with E-state index in [4.69, 9.17) is 0 Å². The molecule has 1 aliphatic rings. The van der Waals surface area contributed by atoms with E-state index in [0.29, 0.717) is 16.1 Å². The van der Waals surface area contributed by atoms with E-state index in [2.05, 4.69) is 14.7 Å². The molecule has 0 radical (unpaired) electrons. The van der Waals surface area contributed by atoms with Crippen LogP contribution in [-0.2, 0) is 14.8 Å². The number of para-hydroxylation sites is 2. The van der Waals surface area contributed by atoms with E-state index in [1.807, 2.05) is 54.6 Å². The molecule has 1 aliphatic carbocycles. The molecule has 2 aromatic heterocycles. The van der Waals surface area contributed by atoms with Crippen molar-refractivity contribution in [2.24, 2.45) is 5.92 Å². The summed E-state index contributed by atoms with van der Waals surface area (Å²) in [5.41, 5.74) is 1.24. The Kier molecular flexibility index (Phi) is 4.85. The minimum atomic E-state index is -4.06. The second-order valence-corrected chi connectivity index (χ2v) is 10.8. The number of nitrogens with one attached hydrogen (secondary N) is 1. The van der Waals surface area contributed by atoms with Crippen LogP contribution in [0.25, 0.3) is 21.6 Å². The molecule has 7 nitrogen and oxygen atoms in total. The highest BCUT2D eigenvalue weighted by Gasteiger charge is 2.70. The van der Waals surface area contributed by atoms with Gasteiger partial charge in [0, 0.05) is 5.92 Å². The van der Waals surface area contributed by atoms with Gasteiger partial charge in [-0.3, -0.25) is 9.78 Å². The number of sulfonamides is 1. The van der Waals surface area contributed by atoms with Crippen molar-refractivity contribution >= 4 is 38.4 Å². The standard InChI is InChI=1S/C23H19N3O4S2/c1-14-21(15-7-3-2-4-8-15)23(14,22(27)28)26-32(29,30)20-12-11-19(31-20)18-13-24-16-9-5-6-10-17(16)25-18/h2-14,21,26H,1H3,(H,27,28)/t14?,21-,23-/m0/s1. The highest BCUT2D eigenvalue weighted by molar-refractivity contribution is 7.91. The molecule has 0 saturated heterocycles. The molecule has 2 N–H and O–H groups in total. The lowest BCUT2D eigenvalue weighted by molar-refractivity contribution is -0.140. The van der Waals surface area contributed by atoms with Crippen molar-refractivity contribution in [3.63, 3.8) is 0 Å². The van der Waals surface area contributed by atoms with E-state index in [-0.39, 0.29) is 10.1 Å². The Morgan fingerprint density at radius 3 is 2.44 bits per heavy atom. The summed E-state index contributed by atoms with van der Waals surface area (Å²) in [6, 6.07) is 19.7. The molecule has 32 heavy (non-hydrogen) atoms. The quantitative estimate of drug-likeness (QED) is 0.447. The first-order valence-corrected chi connectivity index (χ1v) is 12.3. The fourth-order valence-corrected chi connectivity index (χ4v) is 6.97. The Bertz CT molecular complexity index is 1440. The van der Waals surface area contributed by atoms with Gasteiger partial charge in [0.2, 0.25) is 0 Å². The number of hydrogen-bond acceptors (Lipinski definition) is 6. The molecule has 0 bridgehead atoms. The van der Waals surface area contributed by atoms with Crippen LogP contribution in [0.1, 0.15) is 18.4 Å². The largest absolute Gasteiger partial charge is 0.480 e. The number of carboxylic acid groups (broad SMARTS) is 1. The number of aliphatic carboxylic acids is 1. The number of carbonyl (C=O) groups is 1. The fraction of sp³-hybridized carbons (Fsp3) is 0.174. The van der Waals surface area contributed by atoms with Gasteiger partial charge in [-0.25, -0.2) is 13.4 Å². The molecule has 162 valence electrons. The Morgan fingerprint density at radius 1 is 1.03 bits per heavy atom. The fourth-order valence-electron chi connectivity index (χ4n) is 4.25. The molecular formula is C23H19N3O4S2. The summed E-state index contributed by atoms with van der Waals surface area (Å²) in [6.07, 6.45) is 1.60. The van der Waals surface area contributed by atoms with E-state index in [1.54, 1.807) is 19.2 Å². The Balaban J connectivity index is 1.46. The van der Waals surface area contributed by atoms with Crippen LogP contribution in [0.15, 0.2) is 77.1 Å². The Labute approximate surface area is 188 Å². The first-order valence-electron chi connectivity index (χ1n) is 9.97. The maximum atomic E-state index is 13.2. The van der Waals surface area contributed by atoms with Crippen LogP contribution < -0.4 is 4.72 Å². The van der Waals surface area contributed by atoms with Crippen molar-refractivity contribution in [3.8, 4) is 10.6 Å². The van der Waals surface area contributed by atoms with Crippen LogP contribution in [0.4, 0.5) is 0 Å². The van der Waals surface area contributed by atoms with Gasteiger partial charge >= 0.3 is 5.97 Å². The number of hydrogen-bond donors (Lipinski definition) is 2. The zero-order chi connectivity index (χ0) is 22.5. The molecule has 1 saturated carbocycles. The molecule has 5 rings (SSSR count). The zero-order valence-electron chi connectivity index (χ0n) is 17.0. The second-order valence-electron chi connectivity index (χ2n) is 7.82. The molecule has 2 heterocycles. The van der Waals surface area contributed by atoms with Crippen molar-refractivity contribution in [1.29, 1.82) is 0 Å². The van der Waals surface area contributed by atoms with Gasteiger partial charge in [0.25, 0.3) is 10.0 Å². The molecule has 0 amide bonds. The van der Waals surface area contributed by atoms with Gasteiger partial charge in [0.1, 0.15) is 9.75 Å². The van der Waals surface area contributed by atoms with Crippen molar-refractivity contribution in [1.82, 2.24) is 14.7 Å². The van der Waals surface area contributed by atoms with Gasteiger partial charge in [0.05, 0.1) is 27.8 Å². The average Bonchev–Trinajstić information content (AvgIpc) is 3.14. The summed E-state index contributed by atoms with van der Waals surface area (Å²) in [4.78, 5) is 21.8. The Hall–Kier alpha value is -3.14. The normalized spacial score (nSPS) is 22.7. The van der Waals surface area contributed by atoms with E-state index in [1.165, 1.54) is 6.07 Å². The number of carboxylic acids is 1. The molecule has 1 unspecified atom stereocenters. The third-order valence-electron chi connectivity index (χ3n) is 5.96. The number of aromatic nitrogens is 2. The molecule has 2 aromatic carbocycles. The van der Waals surface area contributed by atoms with Gasteiger partial charge in [-0.15, -0.1) is 11.3 Å². The molecule has 0 spiro atoms. The Morgan fingerprint density at radius 2 is 1.72 bits per heavy atom. The number of benzene rings is 2. The number of nitrogens with zero attached hydrogens (tertiary/aromatic N) is 2. The van der Waals surface area contributed by atoms with Crippen LogP contribution in [0.5, 0.6) is 0 Å². The van der Waals surface area contributed by atoms with Gasteiger partial charge < -0.3 is 5.11 Å². The topological polar surface area (TPSA) is 109 Å². The molecule has 1 fully saturated rings. The summed E-state index contributed by atoms with van der Waals surface area (Å²) >= 11 is 1.03.